The van der Waals surface area contributed by atoms with E-state index in [1.165, 1.54) is 0 Å². The number of hydrogen-bond donors (Lipinski definition) is 2. The number of carbonyl (C=O) groups excluding carboxylic acids is 2. The van der Waals surface area contributed by atoms with Crippen LogP contribution in [0.4, 0.5) is 5.69 Å². The fourth-order valence-electron chi connectivity index (χ4n) is 2.76. The Hall–Kier alpha value is -2.86. The molecule has 3 rings (SSSR count). The van der Waals surface area contributed by atoms with Crippen molar-refractivity contribution in [3.8, 4) is 5.75 Å². The first-order valence-corrected chi connectivity index (χ1v) is 8.61. The van der Waals surface area contributed by atoms with E-state index in [0.717, 1.165) is 19.4 Å². The molecule has 1 aliphatic rings. The summed E-state index contributed by atoms with van der Waals surface area (Å²) in [6, 6.07) is 13.7. The second-order valence-electron chi connectivity index (χ2n) is 6.11. The molecule has 6 heteroatoms. The first-order chi connectivity index (χ1) is 12.7. The van der Waals surface area contributed by atoms with Crippen LogP contribution in [-0.4, -0.2) is 38.2 Å². The van der Waals surface area contributed by atoms with E-state index in [9.17, 15) is 9.59 Å². The van der Waals surface area contributed by atoms with E-state index >= 15 is 0 Å². The summed E-state index contributed by atoms with van der Waals surface area (Å²) in [5.41, 5.74) is 1.70. The number of methoxy groups -OCH3 is 1. The molecule has 0 bridgehead atoms. The summed E-state index contributed by atoms with van der Waals surface area (Å²) in [5, 5.41) is 5.68. The number of ether oxygens (including phenoxy) is 2. The molecular weight excluding hydrogens is 332 g/mol. The zero-order valence-corrected chi connectivity index (χ0v) is 14.7. The fourth-order valence-corrected chi connectivity index (χ4v) is 2.76. The third-order valence-corrected chi connectivity index (χ3v) is 4.27. The zero-order chi connectivity index (χ0) is 18.4. The Morgan fingerprint density at radius 3 is 2.31 bits per heavy atom. The number of anilines is 1. The highest BCUT2D eigenvalue weighted by molar-refractivity contribution is 6.04. The molecule has 2 amide bonds. The van der Waals surface area contributed by atoms with E-state index in [1.807, 2.05) is 0 Å². The summed E-state index contributed by atoms with van der Waals surface area (Å²) in [7, 11) is 1.58. The number of rotatable bonds is 6. The van der Waals surface area contributed by atoms with Crippen molar-refractivity contribution in [3.05, 3.63) is 59.7 Å². The SMILES string of the molecule is COc1ccc(C(=O)Nc2ccc(C(=O)NC[C@H]3CCCO3)cc2)cc1. The molecule has 6 nitrogen and oxygen atoms in total. The van der Waals surface area contributed by atoms with Gasteiger partial charge in [0.1, 0.15) is 5.75 Å². The Balaban J connectivity index is 1.54. The van der Waals surface area contributed by atoms with Gasteiger partial charge in [-0.25, -0.2) is 0 Å². The lowest BCUT2D eigenvalue weighted by molar-refractivity contribution is 0.0857. The van der Waals surface area contributed by atoms with Crippen LogP contribution < -0.4 is 15.4 Å². The lowest BCUT2D eigenvalue weighted by atomic mass is 10.1. The van der Waals surface area contributed by atoms with Crippen molar-refractivity contribution < 1.29 is 19.1 Å². The predicted molar refractivity (Wildman–Crippen MR) is 98.7 cm³/mol. The van der Waals surface area contributed by atoms with Gasteiger partial charge in [-0.3, -0.25) is 9.59 Å². The third-order valence-electron chi connectivity index (χ3n) is 4.27. The largest absolute Gasteiger partial charge is 0.497 e. The van der Waals surface area contributed by atoms with Crippen molar-refractivity contribution in [3.63, 3.8) is 0 Å². The molecule has 2 N–H and O–H groups in total. The Bertz CT molecular complexity index is 750. The van der Waals surface area contributed by atoms with Crippen LogP contribution >= 0.6 is 0 Å². The van der Waals surface area contributed by atoms with Gasteiger partial charge in [0.05, 0.1) is 13.2 Å². The normalized spacial score (nSPS) is 16.1. The average Bonchev–Trinajstić information content (AvgIpc) is 3.20. The van der Waals surface area contributed by atoms with E-state index in [-0.39, 0.29) is 17.9 Å². The molecule has 1 atom stereocenters. The molecule has 2 aromatic carbocycles. The molecule has 1 heterocycles. The van der Waals surface area contributed by atoms with Gasteiger partial charge in [0.2, 0.25) is 0 Å². The molecule has 136 valence electrons. The molecular formula is C20H22N2O4. The van der Waals surface area contributed by atoms with Crippen molar-refractivity contribution >= 4 is 17.5 Å². The number of carbonyl (C=O) groups is 2. The first-order valence-electron chi connectivity index (χ1n) is 8.61. The maximum absolute atomic E-state index is 12.2. The standard InChI is InChI=1S/C20H22N2O4/c1-25-17-10-6-15(7-11-17)20(24)22-16-8-4-14(5-9-16)19(23)21-13-18-3-2-12-26-18/h4-11,18H,2-3,12-13H2,1H3,(H,21,23)(H,22,24)/t18-/m1/s1. The number of benzene rings is 2. The van der Waals surface area contributed by atoms with Crippen LogP contribution in [0, 0.1) is 0 Å². The highest BCUT2D eigenvalue weighted by atomic mass is 16.5. The molecule has 0 spiro atoms. The molecule has 26 heavy (non-hydrogen) atoms. The van der Waals surface area contributed by atoms with Gasteiger partial charge in [-0.15, -0.1) is 0 Å². The maximum atomic E-state index is 12.2. The van der Waals surface area contributed by atoms with Gasteiger partial charge in [0.15, 0.2) is 0 Å². The van der Waals surface area contributed by atoms with Crippen LogP contribution in [0.2, 0.25) is 0 Å². The van der Waals surface area contributed by atoms with Crippen molar-refractivity contribution in [1.82, 2.24) is 5.32 Å². The number of amides is 2. The van der Waals surface area contributed by atoms with Gasteiger partial charge in [-0.1, -0.05) is 0 Å². The predicted octanol–water partition coefficient (Wildman–Crippen LogP) is 2.86. The quantitative estimate of drug-likeness (QED) is 0.836. The molecule has 2 aromatic rings. The van der Waals surface area contributed by atoms with Crippen LogP contribution in [-0.2, 0) is 4.74 Å². The molecule has 0 unspecified atom stereocenters. The maximum Gasteiger partial charge on any atom is 0.255 e. The first kappa shape index (κ1) is 17.9. The van der Waals surface area contributed by atoms with E-state index in [0.29, 0.717) is 29.1 Å². The molecule has 1 fully saturated rings. The third kappa shape index (κ3) is 4.61. The minimum absolute atomic E-state index is 0.113. The van der Waals surface area contributed by atoms with Crippen molar-refractivity contribution in [2.75, 3.05) is 25.6 Å². The average molecular weight is 354 g/mol. The molecule has 0 radical (unpaired) electrons. The van der Waals surface area contributed by atoms with Crippen molar-refractivity contribution in [1.29, 1.82) is 0 Å². The van der Waals surface area contributed by atoms with Crippen LogP contribution in [0.5, 0.6) is 5.75 Å². The topological polar surface area (TPSA) is 76.7 Å². The second-order valence-corrected chi connectivity index (χ2v) is 6.11. The van der Waals surface area contributed by atoms with E-state index < -0.39 is 0 Å². The van der Waals surface area contributed by atoms with Crippen LogP contribution in [0.1, 0.15) is 33.6 Å². The van der Waals surface area contributed by atoms with Gasteiger partial charge in [-0.05, 0) is 61.4 Å². The lowest BCUT2D eigenvalue weighted by Gasteiger charge is -2.11. The van der Waals surface area contributed by atoms with Crippen LogP contribution in [0.15, 0.2) is 48.5 Å². The van der Waals surface area contributed by atoms with E-state index in [2.05, 4.69) is 10.6 Å². The molecule has 0 aliphatic carbocycles. The summed E-state index contributed by atoms with van der Waals surface area (Å²) in [6.45, 7) is 1.29. The highest BCUT2D eigenvalue weighted by Crippen LogP contribution is 2.15. The monoisotopic (exact) mass is 354 g/mol. The minimum atomic E-state index is -0.219. The van der Waals surface area contributed by atoms with Gasteiger partial charge < -0.3 is 20.1 Å². The van der Waals surface area contributed by atoms with Gasteiger partial charge in [0.25, 0.3) is 11.8 Å². The summed E-state index contributed by atoms with van der Waals surface area (Å²) in [6.07, 6.45) is 2.14. The highest BCUT2D eigenvalue weighted by Gasteiger charge is 2.16. The van der Waals surface area contributed by atoms with E-state index in [1.54, 1.807) is 55.6 Å². The van der Waals surface area contributed by atoms with Crippen LogP contribution in [0.25, 0.3) is 0 Å². The summed E-state index contributed by atoms with van der Waals surface area (Å²) in [5.74, 6) is 0.330. The number of hydrogen-bond acceptors (Lipinski definition) is 4. The Labute approximate surface area is 152 Å². The fraction of sp³-hybridized carbons (Fsp3) is 0.300. The van der Waals surface area contributed by atoms with Crippen molar-refractivity contribution in [2.24, 2.45) is 0 Å². The minimum Gasteiger partial charge on any atom is -0.497 e. The zero-order valence-electron chi connectivity index (χ0n) is 14.7. The van der Waals surface area contributed by atoms with Gasteiger partial charge in [0, 0.05) is 30.0 Å². The lowest BCUT2D eigenvalue weighted by Crippen LogP contribution is -2.31. The summed E-state index contributed by atoms with van der Waals surface area (Å²) >= 11 is 0. The molecule has 0 saturated carbocycles. The Morgan fingerprint density at radius 1 is 1.04 bits per heavy atom. The second kappa shape index (κ2) is 8.49. The van der Waals surface area contributed by atoms with Gasteiger partial charge >= 0.3 is 0 Å². The summed E-state index contributed by atoms with van der Waals surface area (Å²) in [4.78, 5) is 24.4. The van der Waals surface area contributed by atoms with Crippen molar-refractivity contribution in [2.45, 2.75) is 18.9 Å². The number of nitrogens with one attached hydrogen (secondary N) is 2. The van der Waals surface area contributed by atoms with E-state index in [4.69, 9.17) is 9.47 Å². The Kier molecular flexibility index (Phi) is 5.86. The molecule has 0 aromatic heterocycles. The smallest absolute Gasteiger partial charge is 0.255 e. The van der Waals surface area contributed by atoms with Crippen LogP contribution in [0.3, 0.4) is 0 Å². The Morgan fingerprint density at radius 2 is 1.69 bits per heavy atom. The van der Waals surface area contributed by atoms with Gasteiger partial charge in [-0.2, -0.15) is 0 Å². The molecule has 1 aliphatic heterocycles. The summed E-state index contributed by atoms with van der Waals surface area (Å²) < 4.78 is 10.6. The molecule has 1 saturated heterocycles.